The number of hydrogen-bond acceptors (Lipinski definition) is 6. The van der Waals surface area contributed by atoms with Crippen LogP contribution in [0.3, 0.4) is 0 Å². The minimum absolute atomic E-state index is 0.321. The predicted molar refractivity (Wildman–Crippen MR) is 71.2 cm³/mol. The minimum Gasteiger partial charge on any atom is -0.451 e. The summed E-state index contributed by atoms with van der Waals surface area (Å²) in [7, 11) is 0. The topological polar surface area (TPSA) is 99.7 Å². The number of nitrogens with zero attached hydrogens (tertiary/aromatic N) is 1. The Morgan fingerprint density at radius 1 is 1.19 bits per heavy atom. The summed E-state index contributed by atoms with van der Waals surface area (Å²) in [6.45, 7) is 1.43. The summed E-state index contributed by atoms with van der Waals surface area (Å²) in [5.41, 5.74) is 1.42. The van der Waals surface area contributed by atoms with Crippen molar-refractivity contribution in [1.82, 2.24) is 0 Å². The number of furan rings is 1. The van der Waals surface area contributed by atoms with Crippen LogP contribution in [0, 0.1) is 17.0 Å². The van der Waals surface area contributed by atoms with Gasteiger partial charge in [-0.25, -0.2) is 4.79 Å². The van der Waals surface area contributed by atoms with E-state index in [4.69, 9.17) is 4.74 Å². The van der Waals surface area contributed by atoms with Gasteiger partial charge in [-0.05, 0) is 13.0 Å². The van der Waals surface area contributed by atoms with Gasteiger partial charge in [0.25, 0.3) is 0 Å². The molecule has 108 valence electrons. The molecule has 0 amide bonds. The summed E-state index contributed by atoms with van der Waals surface area (Å²) < 4.78 is 9.44. The fraction of sp³-hybridized carbons (Fsp3) is 0.143. The number of Topliss-reactive ketones (excluding diaryl/α,β-unsaturated/α-hetero) is 1. The largest absolute Gasteiger partial charge is 0.451 e. The third-order valence-electron chi connectivity index (χ3n) is 2.68. The maximum atomic E-state index is 11.8. The third-order valence-corrected chi connectivity index (χ3v) is 2.68. The molecule has 0 unspecified atom stereocenters. The van der Waals surface area contributed by atoms with E-state index in [1.807, 2.05) is 6.92 Å². The predicted octanol–water partition coefficient (Wildman–Crippen LogP) is 2.54. The molecule has 0 N–H and O–H groups in total. The van der Waals surface area contributed by atoms with Crippen molar-refractivity contribution in [3.63, 3.8) is 0 Å². The number of benzene rings is 1. The second kappa shape index (κ2) is 6.00. The van der Waals surface area contributed by atoms with E-state index in [2.05, 4.69) is 4.42 Å². The molecule has 0 saturated carbocycles. The standard InChI is InChI=1S/C14H11NO6/c1-9-2-4-10(5-3-9)11(16)8-20-14(17)12-6-7-13(21-12)15(18)19/h2-7H,8H2,1H3. The Balaban J connectivity index is 1.95. The molecule has 1 aromatic carbocycles. The molecule has 0 fully saturated rings. The van der Waals surface area contributed by atoms with Gasteiger partial charge in [0.15, 0.2) is 12.4 Å². The summed E-state index contributed by atoms with van der Waals surface area (Å²) in [6.07, 6.45) is 0. The second-order valence-corrected chi connectivity index (χ2v) is 4.26. The Labute approximate surface area is 119 Å². The van der Waals surface area contributed by atoms with E-state index >= 15 is 0 Å². The van der Waals surface area contributed by atoms with Crippen molar-refractivity contribution in [3.05, 3.63) is 63.4 Å². The molecular weight excluding hydrogens is 278 g/mol. The highest BCUT2D eigenvalue weighted by Crippen LogP contribution is 2.16. The molecule has 0 bridgehead atoms. The zero-order valence-corrected chi connectivity index (χ0v) is 11.1. The highest BCUT2D eigenvalue weighted by Gasteiger charge is 2.19. The maximum Gasteiger partial charge on any atom is 0.433 e. The molecule has 7 nitrogen and oxygen atoms in total. The number of carbonyl (C=O) groups is 2. The van der Waals surface area contributed by atoms with Crippen LogP contribution in [0.15, 0.2) is 40.8 Å². The number of hydrogen-bond donors (Lipinski definition) is 0. The van der Waals surface area contributed by atoms with Crippen molar-refractivity contribution in [2.45, 2.75) is 6.92 Å². The maximum absolute atomic E-state index is 11.8. The molecule has 0 aliphatic heterocycles. The Morgan fingerprint density at radius 2 is 1.86 bits per heavy atom. The summed E-state index contributed by atoms with van der Waals surface area (Å²) in [5, 5.41) is 10.4. The van der Waals surface area contributed by atoms with Crippen molar-refractivity contribution >= 4 is 17.6 Å². The molecule has 0 spiro atoms. The van der Waals surface area contributed by atoms with Crippen LogP contribution in [0.5, 0.6) is 0 Å². The lowest BCUT2D eigenvalue weighted by Crippen LogP contribution is -2.13. The van der Waals surface area contributed by atoms with Gasteiger partial charge in [-0.2, -0.15) is 0 Å². The molecule has 0 radical (unpaired) electrons. The highest BCUT2D eigenvalue weighted by atomic mass is 16.7. The average molecular weight is 289 g/mol. The van der Waals surface area contributed by atoms with Gasteiger partial charge in [-0.3, -0.25) is 14.9 Å². The van der Waals surface area contributed by atoms with Gasteiger partial charge in [0.05, 0.1) is 6.07 Å². The summed E-state index contributed by atoms with van der Waals surface area (Å²) in [5.74, 6) is -2.18. The molecule has 2 rings (SSSR count). The first-order chi connectivity index (χ1) is 9.97. The van der Waals surface area contributed by atoms with Gasteiger partial charge in [0.2, 0.25) is 5.76 Å². The molecular formula is C14H11NO6. The number of ether oxygens (including phenoxy) is 1. The highest BCUT2D eigenvalue weighted by molar-refractivity contribution is 5.98. The minimum atomic E-state index is -0.927. The lowest BCUT2D eigenvalue weighted by molar-refractivity contribution is -0.402. The Kier molecular flexibility index (Phi) is 4.13. The van der Waals surface area contributed by atoms with E-state index in [0.29, 0.717) is 5.56 Å². The summed E-state index contributed by atoms with van der Waals surface area (Å²) in [6, 6.07) is 8.96. The Bertz CT molecular complexity index is 686. The molecule has 0 aliphatic carbocycles. The van der Waals surface area contributed by atoms with Crippen LogP contribution in [-0.4, -0.2) is 23.3 Å². The molecule has 0 saturated heterocycles. The molecule has 0 atom stereocenters. The third kappa shape index (κ3) is 3.53. The Morgan fingerprint density at radius 3 is 2.43 bits per heavy atom. The van der Waals surface area contributed by atoms with Crippen LogP contribution in [0.25, 0.3) is 0 Å². The van der Waals surface area contributed by atoms with Gasteiger partial charge in [-0.15, -0.1) is 0 Å². The van der Waals surface area contributed by atoms with Crippen LogP contribution < -0.4 is 0 Å². The summed E-state index contributed by atoms with van der Waals surface area (Å²) >= 11 is 0. The van der Waals surface area contributed by atoms with Crippen molar-refractivity contribution in [1.29, 1.82) is 0 Å². The van der Waals surface area contributed by atoms with Crippen LogP contribution in [0.4, 0.5) is 5.88 Å². The lowest BCUT2D eigenvalue weighted by atomic mass is 10.1. The van der Waals surface area contributed by atoms with Crippen molar-refractivity contribution in [2.24, 2.45) is 0 Å². The quantitative estimate of drug-likeness (QED) is 0.363. The lowest BCUT2D eigenvalue weighted by Gasteiger charge is -2.02. The first-order valence-electron chi connectivity index (χ1n) is 5.98. The van der Waals surface area contributed by atoms with E-state index in [-0.39, 0.29) is 11.5 Å². The van der Waals surface area contributed by atoms with Crippen LogP contribution in [0.1, 0.15) is 26.5 Å². The zero-order chi connectivity index (χ0) is 15.4. The molecule has 21 heavy (non-hydrogen) atoms. The number of nitro groups is 1. The first kappa shape index (κ1) is 14.4. The number of esters is 1. The first-order valence-corrected chi connectivity index (χ1v) is 5.98. The van der Waals surface area contributed by atoms with Crippen molar-refractivity contribution < 1.29 is 23.7 Å². The SMILES string of the molecule is Cc1ccc(C(=O)COC(=O)c2ccc([N+](=O)[O-])o2)cc1. The van der Waals surface area contributed by atoms with Crippen molar-refractivity contribution in [3.8, 4) is 0 Å². The van der Waals surface area contributed by atoms with Crippen molar-refractivity contribution in [2.75, 3.05) is 6.61 Å². The molecule has 0 aliphatic rings. The van der Waals surface area contributed by atoms with Crippen LogP contribution in [-0.2, 0) is 4.74 Å². The number of carbonyl (C=O) groups excluding carboxylic acids is 2. The number of ketones is 1. The van der Waals surface area contributed by atoms with Gasteiger partial charge in [0, 0.05) is 5.56 Å². The van der Waals surface area contributed by atoms with Gasteiger partial charge >= 0.3 is 11.9 Å². The molecule has 7 heteroatoms. The fourth-order valence-electron chi connectivity index (χ4n) is 1.56. The fourth-order valence-corrected chi connectivity index (χ4v) is 1.56. The number of rotatable bonds is 5. The normalized spacial score (nSPS) is 10.1. The average Bonchev–Trinajstić information content (AvgIpc) is 2.95. The molecule has 1 aromatic heterocycles. The Hall–Kier alpha value is -2.96. The second-order valence-electron chi connectivity index (χ2n) is 4.26. The van der Waals surface area contributed by atoms with E-state index in [1.165, 1.54) is 0 Å². The monoisotopic (exact) mass is 289 g/mol. The molecule has 2 aromatic rings. The summed E-state index contributed by atoms with van der Waals surface area (Å²) in [4.78, 5) is 33.0. The van der Waals surface area contributed by atoms with E-state index < -0.39 is 23.4 Å². The van der Waals surface area contributed by atoms with Crippen LogP contribution >= 0.6 is 0 Å². The van der Waals surface area contributed by atoms with Gasteiger partial charge in [0.1, 0.15) is 4.92 Å². The smallest absolute Gasteiger partial charge is 0.433 e. The van der Waals surface area contributed by atoms with Gasteiger partial charge < -0.3 is 9.15 Å². The van der Waals surface area contributed by atoms with E-state index in [0.717, 1.165) is 17.7 Å². The van der Waals surface area contributed by atoms with Crippen LogP contribution in [0.2, 0.25) is 0 Å². The molecule has 1 heterocycles. The van der Waals surface area contributed by atoms with E-state index in [1.54, 1.807) is 24.3 Å². The van der Waals surface area contributed by atoms with E-state index in [9.17, 15) is 19.7 Å². The number of aryl methyl sites for hydroxylation is 1. The zero-order valence-electron chi connectivity index (χ0n) is 11.1. The van der Waals surface area contributed by atoms with Gasteiger partial charge in [-0.1, -0.05) is 29.8 Å².